The molecule has 2 aromatic rings. The van der Waals surface area contributed by atoms with Crippen molar-refractivity contribution in [1.29, 1.82) is 0 Å². The molecule has 0 aliphatic rings. The SMILES string of the molecule is COc1ccc([C@@H](CC(C)C)NC(=O)c2cccc([N+](=O)[O-])c2C)cc1. The van der Waals surface area contributed by atoms with Gasteiger partial charge in [-0.2, -0.15) is 0 Å². The predicted molar refractivity (Wildman–Crippen MR) is 100 cm³/mol. The summed E-state index contributed by atoms with van der Waals surface area (Å²) in [6.07, 6.45) is 0.756. The third-order valence-corrected chi connectivity index (χ3v) is 4.28. The van der Waals surface area contributed by atoms with Crippen molar-refractivity contribution in [3.8, 4) is 5.75 Å². The number of ether oxygens (including phenoxy) is 1. The van der Waals surface area contributed by atoms with Gasteiger partial charge in [0.15, 0.2) is 0 Å². The minimum atomic E-state index is -0.471. The van der Waals surface area contributed by atoms with Crippen LogP contribution in [0.1, 0.15) is 47.8 Å². The van der Waals surface area contributed by atoms with Crippen LogP contribution in [0.4, 0.5) is 5.69 Å². The summed E-state index contributed by atoms with van der Waals surface area (Å²) in [6.45, 7) is 5.76. The maximum Gasteiger partial charge on any atom is 0.273 e. The first-order valence-electron chi connectivity index (χ1n) is 8.52. The topological polar surface area (TPSA) is 81.5 Å². The molecule has 2 rings (SSSR count). The van der Waals surface area contributed by atoms with Crippen LogP contribution in [0.5, 0.6) is 5.75 Å². The highest BCUT2D eigenvalue weighted by Gasteiger charge is 2.21. The van der Waals surface area contributed by atoms with E-state index in [9.17, 15) is 14.9 Å². The van der Waals surface area contributed by atoms with Gasteiger partial charge in [-0.1, -0.05) is 32.0 Å². The summed E-state index contributed by atoms with van der Waals surface area (Å²) in [5.74, 6) is 0.805. The van der Waals surface area contributed by atoms with E-state index >= 15 is 0 Å². The van der Waals surface area contributed by atoms with Crippen LogP contribution in [0.3, 0.4) is 0 Å². The standard InChI is InChI=1S/C20H24N2O4/c1-13(2)12-18(15-8-10-16(26-4)11-9-15)21-20(23)17-6-5-7-19(14(17)3)22(24)25/h5-11,13,18H,12H2,1-4H3,(H,21,23)/t18-/m1/s1. The van der Waals surface area contributed by atoms with Gasteiger partial charge in [0, 0.05) is 17.2 Å². The maximum absolute atomic E-state index is 12.8. The Morgan fingerprint density at radius 1 is 1.19 bits per heavy atom. The predicted octanol–water partition coefficient (Wildman–Crippen LogP) is 4.43. The van der Waals surface area contributed by atoms with Crippen molar-refractivity contribution in [3.05, 3.63) is 69.3 Å². The summed E-state index contributed by atoms with van der Waals surface area (Å²) >= 11 is 0. The van der Waals surface area contributed by atoms with Crippen LogP contribution in [0, 0.1) is 23.0 Å². The summed E-state index contributed by atoms with van der Waals surface area (Å²) in [5.41, 5.74) is 1.60. The van der Waals surface area contributed by atoms with Crippen LogP contribution in [0.15, 0.2) is 42.5 Å². The van der Waals surface area contributed by atoms with Gasteiger partial charge < -0.3 is 10.1 Å². The minimum absolute atomic E-state index is 0.0532. The van der Waals surface area contributed by atoms with Crippen molar-refractivity contribution in [3.63, 3.8) is 0 Å². The number of benzene rings is 2. The average molecular weight is 356 g/mol. The van der Waals surface area contributed by atoms with Crippen molar-refractivity contribution in [2.24, 2.45) is 5.92 Å². The van der Waals surface area contributed by atoms with Gasteiger partial charge in [0.2, 0.25) is 0 Å². The van der Waals surface area contributed by atoms with E-state index in [1.165, 1.54) is 12.1 Å². The van der Waals surface area contributed by atoms with E-state index in [0.717, 1.165) is 17.7 Å². The second-order valence-corrected chi connectivity index (χ2v) is 6.64. The first-order valence-corrected chi connectivity index (χ1v) is 8.52. The van der Waals surface area contributed by atoms with E-state index in [0.29, 0.717) is 17.0 Å². The highest BCUT2D eigenvalue weighted by atomic mass is 16.6. The summed E-state index contributed by atoms with van der Waals surface area (Å²) in [4.78, 5) is 23.4. The Hall–Kier alpha value is -2.89. The molecular formula is C20H24N2O4. The van der Waals surface area contributed by atoms with Gasteiger partial charge in [-0.15, -0.1) is 0 Å². The van der Waals surface area contributed by atoms with Gasteiger partial charge in [-0.25, -0.2) is 0 Å². The molecule has 6 nitrogen and oxygen atoms in total. The number of hydrogen-bond donors (Lipinski definition) is 1. The lowest BCUT2D eigenvalue weighted by Gasteiger charge is -2.22. The zero-order valence-corrected chi connectivity index (χ0v) is 15.5. The smallest absolute Gasteiger partial charge is 0.273 e. The fraction of sp³-hybridized carbons (Fsp3) is 0.350. The molecule has 0 radical (unpaired) electrons. The number of amides is 1. The average Bonchev–Trinajstić information content (AvgIpc) is 2.60. The quantitative estimate of drug-likeness (QED) is 0.588. The number of methoxy groups -OCH3 is 1. The summed E-state index contributed by atoms with van der Waals surface area (Å²) in [5, 5.41) is 14.1. The molecule has 0 aromatic heterocycles. The molecule has 6 heteroatoms. The highest BCUT2D eigenvalue weighted by molar-refractivity contribution is 5.96. The molecule has 138 valence electrons. The van der Waals surface area contributed by atoms with Crippen LogP contribution in [-0.4, -0.2) is 17.9 Å². The molecule has 26 heavy (non-hydrogen) atoms. The lowest BCUT2D eigenvalue weighted by atomic mass is 9.96. The van der Waals surface area contributed by atoms with E-state index in [1.807, 2.05) is 24.3 Å². The molecule has 0 fully saturated rings. The first kappa shape index (κ1) is 19.4. The van der Waals surface area contributed by atoms with Crippen LogP contribution in [0.25, 0.3) is 0 Å². The number of nitrogens with zero attached hydrogens (tertiary/aromatic N) is 1. The van der Waals surface area contributed by atoms with Crippen molar-refractivity contribution in [2.45, 2.75) is 33.2 Å². The molecule has 1 amide bonds. The van der Waals surface area contributed by atoms with Gasteiger partial charge in [0.25, 0.3) is 11.6 Å². The summed E-state index contributed by atoms with van der Waals surface area (Å²) < 4.78 is 5.18. The molecule has 0 spiro atoms. The zero-order chi connectivity index (χ0) is 19.3. The number of carbonyl (C=O) groups is 1. The van der Waals surface area contributed by atoms with Crippen molar-refractivity contribution < 1.29 is 14.5 Å². The second-order valence-electron chi connectivity index (χ2n) is 6.64. The van der Waals surface area contributed by atoms with Crippen LogP contribution in [-0.2, 0) is 0 Å². The molecule has 0 saturated heterocycles. The molecule has 0 saturated carbocycles. The molecular weight excluding hydrogens is 332 g/mol. The van der Waals surface area contributed by atoms with Gasteiger partial charge in [-0.05, 0) is 43.0 Å². The Balaban J connectivity index is 2.29. The van der Waals surface area contributed by atoms with Crippen molar-refractivity contribution >= 4 is 11.6 Å². The third-order valence-electron chi connectivity index (χ3n) is 4.28. The van der Waals surface area contributed by atoms with Crippen molar-refractivity contribution in [2.75, 3.05) is 7.11 Å². The molecule has 0 aliphatic heterocycles. The Labute approximate surface area is 153 Å². The lowest BCUT2D eigenvalue weighted by Crippen LogP contribution is -2.30. The zero-order valence-electron chi connectivity index (χ0n) is 15.5. The number of nitro groups is 1. The van der Waals surface area contributed by atoms with Gasteiger partial charge in [0.05, 0.1) is 18.1 Å². The van der Waals surface area contributed by atoms with Crippen molar-refractivity contribution in [1.82, 2.24) is 5.32 Å². The van der Waals surface area contributed by atoms with E-state index in [1.54, 1.807) is 20.1 Å². The van der Waals surface area contributed by atoms with E-state index < -0.39 is 4.92 Å². The number of carbonyl (C=O) groups excluding carboxylic acids is 1. The van der Waals surface area contributed by atoms with Gasteiger partial charge in [-0.3, -0.25) is 14.9 Å². The third kappa shape index (κ3) is 4.59. The number of rotatable bonds is 7. The van der Waals surface area contributed by atoms with E-state index in [2.05, 4.69) is 19.2 Å². The molecule has 0 aliphatic carbocycles. The summed E-state index contributed by atoms with van der Waals surface area (Å²) in [7, 11) is 1.60. The molecule has 1 N–H and O–H groups in total. The largest absolute Gasteiger partial charge is 0.497 e. The fourth-order valence-electron chi connectivity index (χ4n) is 2.89. The maximum atomic E-state index is 12.8. The normalized spacial score (nSPS) is 11.9. The Morgan fingerprint density at radius 2 is 1.85 bits per heavy atom. The van der Waals surface area contributed by atoms with Gasteiger partial charge >= 0.3 is 0 Å². The van der Waals surface area contributed by atoms with Crippen LogP contribution < -0.4 is 10.1 Å². The lowest BCUT2D eigenvalue weighted by molar-refractivity contribution is -0.385. The Kier molecular flexibility index (Phi) is 6.33. The fourth-order valence-corrected chi connectivity index (χ4v) is 2.89. The van der Waals surface area contributed by atoms with Gasteiger partial charge in [0.1, 0.15) is 5.75 Å². The first-order chi connectivity index (χ1) is 12.3. The second kappa shape index (κ2) is 8.47. The number of hydrogen-bond acceptors (Lipinski definition) is 4. The molecule has 0 heterocycles. The highest BCUT2D eigenvalue weighted by Crippen LogP contribution is 2.26. The molecule has 0 bridgehead atoms. The summed E-state index contributed by atoms with van der Waals surface area (Å²) in [6, 6.07) is 11.9. The number of nitrogens with one attached hydrogen (secondary N) is 1. The Morgan fingerprint density at radius 3 is 2.38 bits per heavy atom. The van der Waals surface area contributed by atoms with E-state index in [4.69, 9.17) is 4.74 Å². The molecule has 2 aromatic carbocycles. The molecule has 0 unspecified atom stereocenters. The number of nitro benzene ring substituents is 1. The van der Waals surface area contributed by atoms with Crippen LogP contribution >= 0.6 is 0 Å². The minimum Gasteiger partial charge on any atom is -0.497 e. The van der Waals surface area contributed by atoms with Crippen LogP contribution in [0.2, 0.25) is 0 Å². The monoisotopic (exact) mass is 356 g/mol. The molecule has 1 atom stereocenters. The van der Waals surface area contributed by atoms with E-state index in [-0.39, 0.29) is 17.6 Å². The Bertz CT molecular complexity index is 785.